The Morgan fingerprint density at radius 1 is 1.26 bits per heavy atom. The van der Waals surface area contributed by atoms with Crippen molar-refractivity contribution in [1.29, 1.82) is 0 Å². The van der Waals surface area contributed by atoms with Crippen molar-refractivity contribution in [3.05, 3.63) is 18.0 Å². The summed E-state index contributed by atoms with van der Waals surface area (Å²) in [4.78, 5) is 9.67. The Bertz CT molecular complexity index is 466. The predicted molar refractivity (Wildman–Crippen MR) is 79.9 cm³/mol. The first kappa shape index (κ1) is 13.1. The van der Waals surface area contributed by atoms with Crippen LogP contribution in [0, 0.1) is 0 Å². The first-order valence-electron chi connectivity index (χ1n) is 7.02. The van der Waals surface area contributed by atoms with Gasteiger partial charge in [-0.2, -0.15) is 4.37 Å². The molecule has 0 aromatic carbocycles. The molecule has 1 aromatic heterocycles. The third-order valence-electron chi connectivity index (χ3n) is 3.88. The van der Waals surface area contributed by atoms with Gasteiger partial charge >= 0.3 is 0 Å². The molecule has 0 bridgehead atoms. The van der Waals surface area contributed by atoms with Crippen LogP contribution in [0.3, 0.4) is 0 Å². The minimum absolute atomic E-state index is 0.0484. The van der Waals surface area contributed by atoms with Crippen molar-refractivity contribution in [3.8, 4) is 0 Å². The molecule has 1 aromatic rings. The third-order valence-corrected chi connectivity index (χ3v) is 4.66. The van der Waals surface area contributed by atoms with Gasteiger partial charge in [-0.25, -0.2) is 4.98 Å². The summed E-state index contributed by atoms with van der Waals surface area (Å²) in [6.45, 7) is 10.9. The normalized spacial score (nSPS) is 24.6. The highest BCUT2D eigenvalue weighted by Crippen LogP contribution is 2.28. The van der Waals surface area contributed by atoms with E-state index in [1.54, 1.807) is 11.5 Å². The van der Waals surface area contributed by atoms with E-state index in [0.29, 0.717) is 6.04 Å². The topological polar surface area (TPSA) is 32.3 Å². The second-order valence-electron chi connectivity index (χ2n) is 6.46. The van der Waals surface area contributed by atoms with Gasteiger partial charge in [0.1, 0.15) is 5.82 Å². The first-order chi connectivity index (χ1) is 9.04. The first-order valence-corrected chi connectivity index (χ1v) is 7.79. The molecule has 5 heteroatoms. The number of aromatic nitrogens is 2. The third kappa shape index (κ3) is 2.67. The molecule has 0 aliphatic carbocycles. The number of hydrogen-bond acceptors (Lipinski definition) is 5. The van der Waals surface area contributed by atoms with Crippen molar-refractivity contribution < 1.29 is 0 Å². The molecular weight excluding hydrogens is 256 g/mol. The maximum absolute atomic E-state index is 4.72. The summed E-state index contributed by atoms with van der Waals surface area (Å²) in [6.07, 6.45) is 5.78. The van der Waals surface area contributed by atoms with Gasteiger partial charge in [0.2, 0.25) is 5.13 Å². The van der Waals surface area contributed by atoms with Gasteiger partial charge in [0, 0.05) is 49.2 Å². The number of rotatable bonds is 2. The van der Waals surface area contributed by atoms with Crippen LogP contribution in [0.1, 0.15) is 33.0 Å². The summed E-state index contributed by atoms with van der Waals surface area (Å²) in [6, 6.07) is 0.678. The summed E-state index contributed by atoms with van der Waals surface area (Å²) in [7, 11) is 0. The summed E-state index contributed by atoms with van der Waals surface area (Å²) in [5, 5.41) is 1.10. The van der Waals surface area contributed by atoms with E-state index >= 15 is 0 Å². The van der Waals surface area contributed by atoms with E-state index in [4.69, 9.17) is 4.98 Å². The largest absolute Gasteiger partial charge is 0.345 e. The van der Waals surface area contributed by atoms with Crippen LogP contribution >= 0.6 is 11.5 Å². The van der Waals surface area contributed by atoms with Gasteiger partial charge in [-0.15, -0.1) is 0 Å². The van der Waals surface area contributed by atoms with Crippen molar-refractivity contribution in [3.63, 3.8) is 0 Å². The highest BCUT2D eigenvalue weighted by molar-refractivity contribution is 7.09. The second kappa shape index (κ2) is 4.87. The lowest BCUT2D eigenvalue weighted by Crippen LogP contribution is -2.35. The SMILES string of the molecule is CC(C)(C)c1nsc(N2CCC(N3CC=CC3)C2)n1. The van der Waals surface area contributed by atoms with E-state index in [1.165, 1.54) is 6.42 Å². The Morgan fingerprint density at radius 3 is 2.63 bits per heavy atom. The fraction of sp³-hybridized carbons (Fsp3) is 0.714. The quantitative estimate of drug-likeness (QED) is 0.777. The molecule has 19 heavy (non-hydrogen) atoms. The average Bonchev–Trinajstić information content (AvgIpc) is 3.10. The fourth-order valence-electron chi connectivity index (χ4n) is 2.65. The zero-order valence-corrected chi connectivity index (χ0v) is 12.8. The molecule has 4 nitrogen and oxygen atoms in total. The monoisotopic (exact) mass is 278 g/mol. The number of nitrogens with zero attached hydrogens (tertiary/aromatic N) is 4. The van der Waals surface area contributed by atoms with Gasteiger partial charge in [-0.1, -0.05) is 32.9 Å². The maximum atomic E-state index is 4.72. The van der Waals surface area contributed by atoms with Gasteiger partial charge in [-0.05, 0) is 6.42 Å². The smallest absolute Gasteiger partial charge is 0.205 e. The summed E-state index contributed by atoms with van der Waals surface area (Å²) >= 11 is 1.55. The molecule has 2 aliphatic rings. The molecule has 0 spiro atoms. The van der Waals surface area contributed by atoms with Gasteiger partial charge in [0.25, 0.3) is 0 Å². The molecule has 1 atom stereocenters. The van der Waals surface area contributed by atoms with E-state index in [9.17, 15) is 0 Å². The summed E-state index contributed by atoms with van der Waals surface area (Å²) in [5.41, 5.74) is 0.0484. The van der Waals surface area contributed by atoms with Crippen molar-refractivity contribution in [2.75, 3.05) is 31.1 Å². The van der Waals surface area contributed by atoms with Crippen LogP contribution in [-0.4, -0.2) is 46.5 Å². The van der Waals surface area contributed by atoms with Crippen molar-refractivity contribution in [2.45, 2.75) is 38.6 Å². The van der Waals surface area contributed by atoms with Crippen molar-refractivity contribution in [2.24, 2.45) is 0 Å². The van der Waals surface area contributed by atoms with Crippen LogP contribution in [0.5, 0.6) is 0 Å². The van der Waals surface area contributed by atoms with E-state index in [0.717, 1.165) is 37.1 Å². The average molecular weight is 278 g/mol. The molecule has 3 rings (SSSR count). The Kier molecular flexibility index (Phi) is 3.35. The standard InChI is InChI=1S/C14H22N4S/c1-14(2,3)12-15-13(19-16-12)18-9-6-11(10-18)17-7-4-5-8-17/h4-5,11H,6-10H2,1-3H3. The van der Waals surface area contributed by atoms with Crippen LogP contribution in [0.15, 0.2) is 12.2 Å². The van der Waals surface area contributed by atoms with E-state index in [2.05, 4.69) is 47.1 Å². The maximum Gasteiger partial charge on any atom is 0.205 e. The Balaban J connectivity index is 1.66. The van der Waals surface area contributed by atoms with Gasteiger partial charge in [0.05, 0.1) is 0 Å². The Labute approximate surface area is 119 Å². The van der Waals surface area contributed by atoms with E-state index in [-0.39, 0.29) is 5.41 Å². The van der Waals surface area contributed by atoms with Crippen LogP contribution < -0.4 is 4.90 Å². The molecule has 1 fully saturated rings. The zero-order chi connectivity index (χ0) is 13.5. The lowest BCUT2D eigenvalue weighted by Gasteiger charge is -2.23. The molecule has 0 saturated carbocycles. The highest BCUT2D eigenvalue weighted by Gasteiger charge is 2.30. The zero-order valence-electron chi connectivity index (χ0n) is 12.0. The molecule has 1 unspecified atom stereocenters. The van der Waals surface area contributed by atoms with Crippen LogP contribution in [-0.2, 0) is 5.41 Å². The molecule has 0 radical (unpaired) electrons. The van der Waals surface area contributed by atoms with E-state index in [1.807, 2.05) is 0 Å². The Morgan fingerprint density at radius 2 is 2.00 bits per heavy atom. The van der Waals surface area contributed by atoms with Crippen LogP contribution in [0.4, 0.5) is 5.13 Å². The van der Waals surface area contributed by atoms with Gasteiger partial charge < -0.3 is 4.90 Å². The molecule has 3 heterocycles. The molecule has 0 amide bonds. The van der Waals surface area contributed by atoms with Gasteiger partial charge in [0.15, 0.2) is 0 Å². The molecule has 1 saturated heterocycles. The molecule has 0 N–H and O–H groups in total. The molecule has 104 valence electrons. The minimum atomic E-state index is 0.0484. The molecule has 2 aliphatic heterocycles. The van der Waals surface area contributed by atoms with E-state index < -0.39 is 0 Å². The lowest BCUT2D eigenvalue weighted by atomic mass is 9.96. The van der Waals surface area contributed by atoms with Crippen LogP contribution in [0.25, 0.3) is 0 Å². The van der Waals surface area contributed by atoms with Crippen molar-refractivity contribution >= 4 is 16.7 Å². The summed E-state index contributed by atoms with van der Waals surface area (Å²) in [5.74, 6) is 0.971. The summed E-state index contributed by atoms with van der Waals surface area (Å²) < 4.78 is 4.52. The van der Waals surface area contributed by atoms with Crippen molar-refractivity contribution in [1.82, 2.24) is 14.3 Å². The van der Waals surface area contributed by atoms with Crippen LogP contribution in [0.2, 0.25) is 0 Å². The fourth-order valence-corrected chi connectivity index (χ4v) is 3.55. The minimum Gasteiger partial charge on any atom is -0.345 e. The van der Waals surface area contributed by atoms with Gasteiger partial charge in [-0.3, -0.25) is 4.90 Å². The number of anilines is 1. The lowest BCUT2D eigenvalue weighted by molar-refractivity contribution is 0.271. The number of hydrogen-bond donors (Lipinski definition) is 0. The predicted octanol–water partition coefficient (Wildman–Crippen LogP) is 2.29. The highest BCUT2D eigenvalue weighted by atomic mass is 32.1. The Hall–Kier alpha value is -0.940. The second-order valence-corrected chi connectivity index (χ2v) is 7.19. The molecular formula is C14H22N4S.